The van der Waals surface area contributed by atoms with Gasteiger partial charge in [0.1, 0.15) is 6.04 Å². The van der Waals surface area contributed by atoms with Gasteiger partial charge in [-0.15, -0.1) is 0 Å². The summed E-state index contributed by atoms with van der Waals surface area (Å²) in [5.74, 6) is -1.59. The highest BCUT2D eigenvalue weighted by molar-refractivity contribution is 6.00. The summed E-state index contributed by atoms with van der Waals surface area (Å²) in [5.41, 5.74) is 5.04. The van der Waals surface area contributed by atoms with Gasteiger partial charge >= 0.3 is 12.0 Å². The Bertz CT molecular complexity index is 1370. The Labute approximate surface area is 220 Å². The number of urea groups is 1. The van der Waals surface area contributed by atoms with Crippen molar-refractivity contribution in [3.05, 3.63) is 83.4 Å². The number of carbonyl (C=O) groups is 4. The Morgan fingerprint density at radius 2 is 1.68 bits per heavy atom. The third kappa shape index (κ3) is 6.67. The summed E-state index contributed by atoms with van der Waals surface area (Å²) >= 11 is 0. The van der Waals surface area contributed by atoms with Crippen LogP contribution in [0.3, 0.4) is 0 Å². The SMILES string of the molecule is Cc1ccccc1NC(=O)Nc1ccc(CC(=O)Nc2ccc3c(c2)CN(C)C(=O)C(CC(=O)O)N3)cc1. The van der Waals surface area contributed by atoms with E-state index in [9.17, 15) is 19.2 Å². The zero-order valence-electron chi connectivity index (χ0n) is 21.1. The molecule has 0 radical (unpaired) electrons. The van der Waals surface area contributed by atoms with E-state index in [0.29, 0.717) is 17.1 Å². The van der Waals surface area contributed by atoms with Gasteiger partial charge < -0.3 is 31.3 Å². The topological polar surface area (TPSA) is 140 Å². The normalized spacial score (nSPS) is 14.5. The second-order valence-electron chi connectivity index (χ2n) is 9.18. The minimum atomic E-state index is -1.06. The molecule has 5 N–H and O–H groups in total. The average Bonchev–Trinajstić information content (AvgIpc) is 2.97. The lowest BCUT2D eigenvalue weighted by atomic mass is 10.1. The second-order valence-corrected chi connectivity index (χ2v) is 9.18. The lowest BCUT2D eigenvalue weighted by molar-refractivity contribution is -0.141. The summed E-state index contributed by atoms with van der Waals surface area (Å²) in [6, 6.07) is 18.5. The number of nitrogens with zero attached hydrogens (tertiary/aromatic N) is 1. The van der Waals surface area contributed by atoms with Gasteiger partial charge in [-0.3, -0.25) is 14.4 Å². The number of hydrogen-bond acceptors (Lipinski definition) is 5. The van der Waals surface area contributed by atoms with E-state index in [1.165, 1.54) is 4.90 Å². The monoisotopic (exact) mass is 515 g/mol. The minimum Gasteiger partial charge on any atom is -0.481 e. The molecule has 10 nitrogen and oxygen atoms in total. The predicted molar refractivity (Wildman–Crippen MR) is 145 cm³/mol. The molecular weight excluding hydrogens is 486 g/mol. The van der Waals surface area contributed by atoms with Crippen LogP contribution in [0.25, 0.3) is 0 Å². The van der Waals surface area contributed by atoms with E-state index in [1.54, 1.807) is 49.5 Å². The maximum Gasteiger partial charge on any atom is 0.323 e. The summed E-state index contributed by atoms with van der Waals surface area (Å²) in [6.07, 6.45) is -0.198. The molecule has 38 heavy (non-hydrogen) atoms. The van der Waals surface area contributed by atoms with Gasteiger partial charge in [0.25, 0.3) is 0 Å². The molecule has 1 heterocycles. The van der Waals surface area contributed by atoms with Crippen LogP contribution in [0.4, 0.5) is 27.5 Å². The summed E-state index contributed by atoms with van der Waals surface area (Å²) in [5, 5.41) is 20.6. The average molecular weight is 516 g/mol. The molecule has 0 spiro atoms. The predicted octanol–water partition coefficient (Wildman–Crippen LogP) is 4.05. The van der Waals surface area contributed by atoms with Gasteiger partial charge in [-0.25, -0.2) is 4.79 Å². The number of aryl methyl sites for hydroxylation is 1. The van der Waals surface area contributed by atoms with Gasteiger partial charge in [0, 0.05) is 36.3 Å². The highest BCUT2D eigenvalue weighted by atomic mass is 16.4. The fraction of sp³-hybridized carbons (Fsp3) is 0.214. The van der Waals surface area contributed by atoms with E-state index >= 15 is 0 Å². The minimum absolute atomic E-state index is 0.129. The molecule has 0 saturated carbocycles. The fourth-order valence-electron chi connectivity index (χ4n) is 4.20. The van der Waals surface area contributed by atoms with Crippen LogP contribution < -0.4 is 21.3 Å². The lowest BCUT2D eigenvalue weighted by Gasteiger charge is -2.19. The molecule has 4 amide bonds. The van der Waals surface area contributed by atoms with Gasteiger partial charge in [0.05, 0.1) is 12.8 Å². The van der Waals surface area contributed by atoms with Crippen molar-refractivity contribution in [1.82, 2.24) is 4.90 Å². The maximum absolute atomic E-state index is 12.7. The van der Waals surface area contributed by atoms with E-state index in [4.69, 9.17) is 5.11 Å². The van der Waals surface area contributed by atoms with Gasteiger partial charge in [-0.1, -0.05) is 30.3 Å². The van der Waals surface area contributed by atoms with Crippen LogP contribution in [0.1, 0.15) is 23.1 Å². The van der Waals surface area contributed by atoms with Gasteiger partial charge in [0.2, 0.25) is 11.8 Å². The number of benzene rings is 3. The Balaban J connectivity index is 1.34. The number of para-hydroxylation sites is 1. The Morgan fingerprint density at radius 3 is 2.39 bits per heavy atom. The van der Waals surface area contributed by atoms with Crippen molar-refractivity contribution in [2.24, 2.45) is 0 Å². The molecule has 196 valence electrons. The summed E-state index contributed by atoms with van der Waals surface area (Å²) in [7, 11) is 1.62. The van der Waals surface area contributed by atoms with Crippen molar-refractivity contribution in [3.8, 4) is 0 Å². The van der Waals surface area contributed by atoms with Crippen molar-refractivity contribution >= 4 is 46.6 Å². The van der Waals surface area contributed by atoms with E-state index in [1.807, 2.05) is 31.2 Å². The number of amides is 4. The van der Waals surface area contributed by atoms with E-state index in [0.717, 1.165) is 22.4 Å². The molecule has 4 rings (SSSR count). The van der Waals surface area contributed by atoms with E-state index in [2.05, 4.69) is 21.3 Å². The van der Waals surface area contributed by atoms with Crippen LogP contribution in [0.5, 0.6) is 0 Å². The number of carboxylic acids is 1. The molecule has 0 bridgehead atoms. The number of fused-ring (bicyclic) bond motifs is 1. The Kier molecular flexibility index (Phi) is 7.91. The van der Waals surface area contributed by atoms with Crippen LogP contribution in [-0.2, 0) is 27.3 Å². The molecule has 1 unspecified atom stereocenters. The van der Waals surface area contributed by atoms with Crippen molar-refractivity contribution < 1.29 is 24.3 Å². The fourth-order valence-corrected chi connectivity index (χ4v) is 4.20. The van der Waals surface area contributed by atoms with Crippen molar-refractivity contribution in [1.29, 1.82) is 0 Å². The maximum atomic E-state index is 12.7. The summed E-state index contributed by atoms with van der Waals surface area (Å²) < 4.78 is 0. The van der Waals surface area contributed by atoms with Crippen molar-refractivity contribution in [2.45, 2.75) is 32.4 Å². The molecule has 3 aromatic carbocycles. The number of anilines is 4. The molecule has 0 aliphatic carbocycles. The number of carbonyl (C=O) groups excluding carboxylic acids is 3. The largest absolute Gasteiger partial charge is 0.481 e. The smallest absolute Gasteiger partial charge is 0.323 e. The highest BCUT2D eigenvalue weighted by Gasteiger charge is 2.29. The number of hydrogen-bond donors (Lipinski definition) is 5. The highest BCUT2D eigenvalue weighted by Crippen LogP contribution is 2.27. The quantitative estimate of drug-likeness (QED) is 0.322. The first-order valence-corrected chi connectivity index (χ1v) is 12.1. The number of aliphatic carboxylic acids is 1. The molecular formula is C28H29N5O5. The first kappa shape index (κ1) is 26.2. The zero-order chi connectivity index (χ0) is 27.2. The number of carboxylic acid groups (broad SMARTS) is 1. The van der Waals surface area contributed by atoms with Crippen LogP contribution in [-0.4, -0.2) is 46.9 Å². The lowest BCUT2D eigenvalue weighted by Crippen LogP contribution is -2.39. The van der Waals surface area contributed by atoms with E-state index in [-0.39, 0.29) is 37.2 Å². The van der Waals surface area contributed by atoms with Crippen LogP contribution in [0.15, 0.2) is 66.7 Å². The first-order chi connectivity index (χ1) is 18.2. The first-order valence-electron chi connectivity index (χ1n) is 12.1. The van der Waals surface area contributed by atoms with E-state index < -0.39 is 12.0 Å². The van der Waals surface area contributed by atoms with Crippen LogP contribution in [0, 0.1) is 6.92 Å². The van der Waals surface area contributed by atoms with Crippen molar-refractivity contribution in [3.63, 3.8) is 0 Å². The molecule has 3 aromatic rings. The molecule has 1 aliphatic heterocycles. The zero-order valence-corrected chi connectivity index (χ0v) is 21.1. The third-order valence-electron chi connectivity index (χ3n) is 6.15. The second kappa shape index (κ2) is 11.5. The summed E-state index contributed by atoms with van der Waals surface area (Å²) in [6.45, 7) is 2.20. The molecule has 0 aromatic heterocycles. The standard InChI is InChI=1S/C28H29N5O5/c1-17-5-3-4-6-22(17)32-28(38)30-20-9-7-18(8-10-20)13-25(34)29-21-11-12-23-19(14-21)16-33(2)27(37)24(31-23)15-26(35)36/h3-12,14,24,31H,13,15-16H2,1-2H3,(H,29,34)(H,35,36)(H2,30,32,38). The summed E-state index contributed by atoms with van der Waals surface area (Å²) in [4.78, 5) is 50.1. The Morgan fingerprint density at radius 1 is 0.974 bits per heavy atom. The van der Waals surface area contributed by atoms with Gasteiger partial charge in [-0.2, -0.15) is 0 Å². The number of nitrogens with one attached hydrogen (secondary N) is 4. The van der Waals surface area contributed by atoms with Gasteiger partial charge in [0.15, 0.2) is 0 Å². The number of likely N-dealkylation sites (N-methyl/N-ethyl adjacent to an activating group) is 1. The molecule has 0 fully saturated rings. The number of rotatable bonds is 7. The third-order valence-corrected chi connectivity index (χ3v) is 6.15. The molecule has 0 saturated heterocycles. The molecule has 10 heteroatoms. The Hall–Kier alpha value is -4.86. The van der Waals surface area contributed by atoms with Crippen LogP contribution in [0.2, 0.25) is 0 Å². The van der Waals surface area contributed by atoms with Crippen molar-refractivity contribution in [2.75, 3.05) is 28.3 Å². The molecule has 1 atom stereocenters. The molecule has 1 aliphatic rings. The van der Waals surface area contributed by atoms with Crippen LogP contribution >= 0.6 is 0 Å². The van der Waals surface area contributed by atoms with Gasteiger partial charge in [-0.05, 0) is 60.0 Å².